The minimum atomic E-state index is -3.56. The molecular formula is C17H23N2O5P. The van der Waals surface area contributed by atoms with E-state index in [1.54, 1.807) is 13.8 Å². The maximum Gasteiger partial charge on any atom is 0.385 e. The molecule has 0 atom stereocenters. The van der Waals surface area contributed by atoms with Gasteiger partial charge in [-0.3, -0.25) is 4.57 Å². The molecule has 7 nitrogen and oxygen atoms in total. The average Bonchev–Trinajstić information content (AvgIpc) is 3.10. The standard InChI is InChI=1S/C17H23N2O5P/c1-3-22-25(20,23-4-2)16-17(19-10-12-21-13-11-19)24-15(18-16)14-8-6-5-7-9-14/h5-9H,3-4,10-13H2,1-2H3. The van der Waals surface area contributed by atoms with E-state index in [1.807, 2.05) is 35.2 Å². The third-order valence-electron chi connectivity index (χ3n) is 3.77. The predicted molar refractivity (Wildman–Crippen MR) is 95.5 cm³/mol. The predicted octanol–water partition coefficient (Wildman–Crippen LogP) is 3.07. The molecule has 1 aliphatic rings. The van der Waals surface area contributed by atoms with Gasteiger partial charge in [0.2, 0.25) is 17.2 Å². The van der Waals surface area contributed by atoms with E-state index in [2.05, 4.69) is 4.98 Å². The summed E-state index contributed by atoms with van der Waals surface area (Å²) in [7, 11) is -3.56. The van der Waals surface area contributed by atoms with Crippen LogP contribution in [0.4, 0.5) is 5.88 Å². The second-order valence-electron chi connectivity index (χ2n) is 5.45. The van der Waals surface area contributed by atoms with Gasteiger partial charge in [0.15, 0.2) is 0 Å². The van der Waals surface area contributed by atoms with Crippen molar-refractivity contribution in [3.8, 4) is 11.5 Å². The zero-order valence-electron chi connectivity index (χ0n) is 14.5. The highest BCUT2D eigenvalue weighted by molar-refractivity contribution is 7.62. The van der Waals surface area contributed by atoms with Crippen molar-refractivity contribution in [3.63, 3.8) is 0 Å². The molecule has 3 rings (SSSR count). The van der Waals surface area contributed by atoms with E-state index >= 15 is 0 Å². The van der Waals surface area contributed by atoms with Crippen LogP contribution < -0.4 is 10.3 Å². The van der Waals surface area contributed by atoms with E-state index in [0.717, 1.165) is 5.56 Å². The second kappa shape index (κ2) is 8.15. The lowest BCUT2D eigenvalue weighted by Crippen LogP contribution is -2.38. The Morgan fingerprint density at radius 1 is 1.12 bits per heavy atom. The number of hydrogen-bond donors (Lipinski definition) is 0. The van der Waals surface area contributed by atoms with Crippen molar-refractivity contribution in [2.45, 2.75) is 13.8 Å². The number of benzene rings is 1. The Balaban J connectivity index is 2.07. The summed E-state index contributed by atoms with van der Waals surface area (Å²) in [6.45, 7) is 6.49. The molecule has 1 fully saturated rings. The molecule has 0 spiro atoms. The molecule has 2 heterocycles. The molecule has 0 amide bonds. The first-order valence-corrected chi connectivity index (χ1v) is 10.0. The van der Waals surface area contributed by atoms with Gasteiger partial charge in [0.05, 0.1) is 26.4 Å². The van der Waals surface area contributed by atoms with Gasteiger partial charge in [-0.15, -0.1) is 0 Å². The highest BCUT2D eigenvalue weighted by Gasteiger charge is 2.38. The summed E-state index contributed by atoms with van der Waals surface area (Å²) in [5.41, 5.74) is 1.04. The van der Waals surface area contributed by atoms with Gasteiger partial charge in [0, 0.05) is 18.7 Å². The van der Waals surface area contributed by atoms with Crippen LogP contribution in [0.5, 0.6) is 0 Å². The van der Waals surface area contributed by atoms with Gasteiger partial charge in [-0.05, 0) is 26.0 Å². The highest BCUT2D eigenvalue weighted by Crippen LogP contribution is 2.49. The number of rotatable bonds is 7. The smallest absolute Gasteiger partial charge is 0.385 e. The maximum atomic E-state index is 13.3. The zero-order valence-corrected chi connectivity index (χ0v) is 15.4. The van der Waals surface area contributed by atoms with Gasteiger partial charge in [0.1, 0.15) is 0 Å². The Hall–Kier alpha value is -1.66. The molecule has 1 aromatic heterocycles. The van der Waals surface area contributed by atoms with E-state index in [1.165, 1.54) is 0 Å². The van der Waals surface area contributed by atoms with Gasteiger partial charge in [-0.25, -0.2) is 0 Å². The van der Waals surface area contributed by atoms with Crippen molar-refractivity contribution in [3.05, 3.63) is 30.3 Å². The first-order valence-electron chi connectivity index (χ1n) is 8.46. The normalized spacial score (nSPS) is 15.5. The molecule has 0 unspecified atom stereocenters. The molecule has 0 bridgehead atoms. The number of anilines is 1. The van der Waals surface area contributed by atoms with Crippen molar-refractivity contribution in [1.29, 1.82) is 0 Å². The topological polar surface area (TPSA) is 74.0 Å². The Labute approximate surface area is 147 Å². The summed E-state index contributed by atoms with van der Waals surface area (Å²) >= 11 is 0. The van der Waals surface area contributed by atoms with Crippen LogP contribution >= 0.6 is 7.60 Å². The lowest BCUT2D eigenvalue weighted by molar-refractivity contribution is 0.121. The minimum Gasteiger partial charge on any atom is -0.419 e. The third-order valence-corrected chi connectivity index (χ3v) is 5.77. The van der Waals surface area contributed by atoms with E-state index < -0.39 is 7.60 Å². The third kappa shape index (κ3) is 3.96. The summed E-state index contributed by atoms with van der Waals surface area (Å²) < 4.78 is 35.7. The van der Waals surface area contributed by atoms with Gasteiger partial charge < -0.3 is 23.1 Å². The summed E-state index contributed by atoms with van der Waals surface area (Å²) in [4.78, 5) is 6.48. The van der Waals surface area contributed by atoms with E-state index in [9.17, 15) is 4.57 Å². The molecule has 0 aliphatic carbocycles. The molecule has 0 saturated carbocycles. The van der Waals surface area contributed by atoms with Crippen molar-refractivity contribution >= 4 is 18.9 Å². The maximum absolute atomic E-state index is 13.3. The fraction of sp³-hybridized carbons (Fsp3) is 0.471. The van der Waals surface area contributed by atoms with Crippen LogP contribution in [0.3, 0.4) is 0 Å². The molecule has 0 radical (unpaired) electrons. The number of aromatic nitrogens is 1. The van der Waals surface area contributed by atoms with Crippen LogP contribution in [-0.4, -0.2) is 44.5 Å². The summed E-state index contributed by atoms with van der Waals surface area (Å²) in [5.74, 6) is 0.837. The summed E-state index contributed by atoms with van der Waals surface area (Å²) in [5, 5.41) is 0. The van der Waals surface area contributed by atoms with Crippen molar-refractivity contribution in [1.82, 2.24) is 4.98 Å². The number of hydrogen-bond acceptors (Lipinski definition) is 7. The van der Waals surface area contributed by atoms with Gasteiger partial charge in [-0.2, -0.15) is 4.98 Å². The van der Waals surface area contributed by atoms with Gasteiger partial charge in [-0.1, -0.05) is 18.2 Å². The molecule has 0 N–H and O–H groups in total. The van der Waals surface area contributed by atoms with E-state index in [0.29, 0.717) is 38.1 Å². The number of ether oxygens (including phenoxy) is 1. The van der Waals surface area contributed by atoms with Gasteiger partial charge >= 0.3 is 7.60 Å². The summed E-state index contributed by atoms with van der Waals surface area (Å²) in [6.07, 6.45) is 0. The molecule has 136 valence electrons. The van der Waals surface area contributed by atoms with Crippen LogP contribution in [0.2, 0.25) is 0 Å². The van der Waals surface area contributed by atoms with Crippen molar-refractivity contribution in [2.75, 3.05) is 44.4 Å². The monoisotopic (exact) mass is 366 g/mol. The Morgan fingerprint density at radius 3 is 2.36 bits per heavy atom. The minimum absolute atomic E-state index is 0.233. The molecule has 1 aromatic carbocycles. The lowest BCUT2D eigenvalue weighted by atomic mass is 10.2. The van der Waals surface area contributed by atoms with Crippen molar-refractivity contribution in [2.24, 2.45) is 0 Å². The Morgan fingerprint density at radius 2 is 1.76 bits per heavy atom. The molecule has 1 saturated heterocycles. The van der Waals surface area contributed by atoms with E-state index in [4.69, 9.17) is 18.2 Å². The number of morpholine rings is 1. The van der Waals surface area contributed by atoms with Crippen LogP contribution in [0.25, 0.3) is 11.5 Å². The lowest BCUT2D eigenvalue weighted by Gasteiger charge is -2.27. The SMILES string of the molecule is CCOP(=O)(OCC)c1nc(-c2ccccc2)oc1N1CCOCC1. The van der Waals surface area contributed by atoms with E-state index in [-0.39, 0.29) is 18.6 Å². The van der Waals surface area contributed by atoms with Gasteiger partial charge in [0.25, 0.3) is 0 Å². The highest BCUT2D eigenvalue weighted by atomic mass is 31.2. The molecule has 2 aromatic rings. The molecule has 25 heavy (non-hydrogen) atoms. The fourth-order valence-electron chi connectivity index (χ4n) is 2.66. The quantitative estimate of drug-likeness (QED) is 0.697. The molecular weight excluding hydrogens is 343 g/mol. The zero-order chi connectivity index (χ0) is 17.7. The first-order chi connectivity index (χ1) is 12.2. The summed E-state index contributed by atoms with van der Waals surface area (Å²) in [6, 6.07) is 9.51. The fourth-order valence-corrected chi connectivity index (χ4v) is 4.29. The van der Waals surface area contributed by atoms with Crippen LogP contribution in [0, 0.1) is 0 Å². The molecule has 8 heteroatoms. The Kier molecular flexibility index (Phi) is 5.91. The van der Waals surface area contributed by atoms with Crippen LogP contribution in [0.1, 0.15) is 13.8 Å². The Bertz CT molecular complexity index is 718. The number of oxazole rings is 1. The second-order valence-corrected chi connectivity index (χ2v) is 7.38. The average molecular weight is 366 g/mol. The number of nitrogens with zero attached hydrogens (tertiary/aromatic N) is 2. The molecule has 1 aliphatic heterocycles. The van der Waals surface area contributed by atoms with Crippen LogP contribution in [-0.2, 0) is 18.3 Å². The first kappa shape index (κ1) is 18.1. The largest absolute Gasteiger partial charge is 0.419 e. The van der Waals surface area contributed by atoms with Crippen molar-refractivity contribution < 1.29 is 22.8 Å². The van der Waals surface area contributed by atoms with Crippen LogP contribution in [0.15, 0.2) is 34.7 Å².